The molecule has 1 rings (SSSR count). The number of halogens is 6. The zero-order chi connectivity index (χ0) is 10.7. The fraction of sp³-hybridized carbons (Fsp3) is 1.00. The zero-order valence-electron chi connectivity index (χ0n) is 6.68. The molecule has 0 aromatic rings. The Bertz CT molecular complexity index is 232. The molecular formula is C6H6F6O. The van der Waals surface area contributed by atoms with Crippen LogP contribution in [0.5, 0.6) is 0 Å². The molecule has 0 bridgehead atoms. The van der Waals surface area contributed by atoms with E-state index in [1.54, 1.807) is 0 Å². The molecule has 0 amide bonds. The van der Waals surface area contributed by atoms with Gasteiger partial charge in [-0.15, -0.1) is 0 Å². The molecule has 1 fully saturated rings. The van der Waals surface area contributed by atoms with Crippen LogP contribution in [-0.4, -0.2) is 23.6 Å². The number of rotatable bonds is 1. The van der Waals surface area contributed by atoms with Gasteiger partial charge in [0.25, 0.3) is 0 Å². The van der Waals surface area contributed by atoms with Crippen LogP contribution in [0.1, 0.15) is 13.8 Å². The summed E-state index contributed by atoms with van der Waals surface area (Å²) in [4.78, 5) is 0. The summed E-state index contributed by atoms with van der Waals surface area (Å²) in [5, 5.41) is 0. The standard InChI is InChI=1S/C6H6F6O/c1-3(2)5(9,13-3)4(7,8)6(10,11)12/h1-2H3. The van der Waals surface area contributed by atoms with Crippen molar-refractivity contribution in [3.05, 3.63) is 0 Å². The molecule has 1 nitrogen and oxygen atoms in total. The quantitative estimate of drug-likeness (QED) is 0.476. The normalized spacial score (nSPS) is 33.2. The van der Waals surface area contributed by atoms with Gasteiger partial charge in [0, 0.05) is 0 Å². The maximum atomic E-state index is 12.9. The Balaban J connectivity index is 2.97. The first kappa shape index (κ1) is 10.6. The first-order valence-corrected chi connectivity index (χ1v) is 3.29. The molecule has 0 N–H and O–H groups in total. The van der Waals surface area contributed by atoms with Gasteiger partial charge in [0.15, 0.2) is 0 Å². The minimum Gasteiger partial charge on any atom is -0.326 e. The second-order valence-electron chi connectivity index (χ2n) is 3.28. The van der Waals surface area contributed by atoms with E-state index in [-0.39, 0.29) is 0 Å². The first-order valence-electron chi connectivity index (χ1n) is 3.29. The molecule has 7 heteroatoms. The zero-order valence-corrected chi connectivity index (χ0v) is 6.68. The van der Waals surface area contributed by atoms with Crippen molar-refractivity contribution < 1.29 is 31.1 Å². The van der Waals surface area contributed by atoms with Crippen LogP contribution < -0.4 is 0 Å². The van der Waals surface area contributed by atoms with E-state index in [0.717, 1.165) is 13.8 Å². The molecule has 13 heavy (non-hydrogen) atoms. The Morgan fingerprint density at radius 3 is 1.38 bits per heavy atom. The summed E-state index contributed by atoms with van der Waals surface area (Å²) >= 11 is 0. The fourth-order valence-electron chi connectivity index (χ4n) is 0.951. The smallest absolute Gasteiger partial charge is 0.326 e. The van der Waals surface area contributed by atoms with E-state index in [2.05, 4.69) is 4.74 Å². The molecule has 1 aliphatic heterocycles. The molecule has 78 valence electrons. The SMILES string of the molecule is CC1(C)OC1(F)C(F)(F)C(F)(F)F. The molecule has 0 aromatic carbocycles. The van der Waals surface area contributed by atoms with Crippen LogP contribution in [0.25, 0.3) is 0 Å². The van der Waals surface area contributed by atoms with Gasteiger partial charge >= 0.3 is 18.0 Å². The van der Waals surface area contributed by atoms with Crippen molar-refractivity contribution in [2.45, 2.75) is 37.4 Å². The van der Waals surface area contributed by atoms with Crippen LogP contribution in [0.4, 0.5) is 26.3 Å². The molecule has 0 radical (unpaired) electrons. The minimum absolute atomic E-state index is 0.826. The van der Waals surface area contributed by atoms with E-state index in [0.29, 0.717) is 0 Å². The van der Waals surface area contributed by atoms with E-state index >= 15 is 0 Å². The molecule has 0 aliphatic carbocycles. The lowest BCUT2D eigenvalue weighted by atomic mass is 10.0. The van der Waals surface area contributed by atoms with E-state index < -0.39 is 23.6 Å². The van der Waals surface area contributed by atoms with Gasteiger partial charge in [-0.3, -0.25) is 0 Å². The third-order valence-corrected chi connectivity index (χ3v) is 1.89. The summed E-state index contributed by atoms with van der Waals surface area (Å²) in [5.41, 5.74) is -2.09. The minimum atomic E-state index is -5.94. The topological polar surface area (TPSA) is 12.5 Å². The van der Waals surface area contributed by atoms with Crippen LogP contribution in [0.15, 0.2) is 0 Å². The molecule has 1 unspecified atom stereocenters. The second kappa shape index (κ2) is 2.13. The van der Waals surface area contributed by atoms with Crippen LogP contribution >= 0.6 is 0 Å². The largest absolute Gasteiger partial charge is 0.459 e. The fourth-order valence-corrected chi connectivity index (χ4v) is 0.951. The van der Waals surface area contributed by atoms with Crippen molar-refractivity contribution in [3.8, 4) is 0 Å². The van der Waals surface area contributed by atoms with Gasteiger partial charge in [0.05, 0.1) is 0 Å². The third-order valence-electron chi connectivity index (χ3n) is 1.89. The highest BCUT2D eigenvalue weighted by atomic mass is 19.4. The molecule has 0 spiro atoms. The maximum absolute atomic E-state index is 12.9. The van der Waals surface area contributed by atoms with E-state index in [9.17, 15) is 26.3 Å². The van der Waals surface area contributed by atoms with Crippen molar-refractivity contribution in [3.63, 3.8) is 0 Å². The maximum Gasteiger partial charge on any atom is 0.459 e. The van der Waals surface area contributed by atoms with E-state index in [4.69, 9.17) is 0 Å². The van der Waals surface area contributed by atoms with Crippen LogP contribution in [-0.2, 0) is 4.74 Å². The molecule has 1 saturated heterocycles. The average Bonchev–Trinajstić information content (AvgIpc) is 2.31. The molecule has 1 atom stereocenters. The molecule has 0 aromatic heterocycles. The summed E-state index contributed by atoms with van der Waals surface area (Å²) < 4.78 is 76.3. The monoisotopic (exact) mass is 208 g/mol. The Hall–Kier alpha value is -0.460. The summed E-state index contributed by atoms with van der Waals surface area (Å²) in [6.45, 7) is 1.65. The van der Waals surface area contributed by atoms with Gasteiger partial charge in [-0.2, -0.15) is 22.0 Å². The molecule has 1 aliphatic rings. The number of ether oxygens (including phenoxy) is 1. The van der Waals surface area contributed by atoms with Gasteiger partial charge < -0.3 is 4.74 Å². The van der Waals surface area contributed by atoms with Crippen LogP contribution in [0, 0.1) is 0 Å². The number of epoxide rings is 1. The first-order chi connectivity index (χ1) is 5.46. The van der Waals surface area contributed by atoms with Crippen LogP contribution in [0.2, 0.25) is 0 Å². The Morgan fingerprint density at radius 1 is 1.00 bits per heavy atom. The van der Waals surface area contributed by atoms with E-state index in [1.165, 1.54) is 0 Å². The Labute approximate surface area is 69.7 Å². The van der Waals surface area contributed by atoms with Gasteiger partial charge in [0.2, 0.25) is 0 Å². The summed E-state index contributed by atoms with van der Waals surface area (Å²) in [6.07, 6.45) is -5.94. The number of alkyl halides is 6. The molecular weight excluding hydrogens is 202 g/mol. The summed E-state index contributed by atoms with van der Waals surface area (Å²) in [5.74, 6) is -9.40. The van der Waals surface area contributed by atoms with Crippen molar-refractivity contribution in [2.24, 2.45) is 0 Å². The van der Waals surface area contributed by atoms with Gasteiger partial charge in [0.1, 0.15) is 5.60 Å². The van der Waals surface area contributed by atoms with Crippen molar-refractivity contribution >= 4 is 0 Å². The lowest BCUT2D eigenvalue weighted by molar-refractivity contribution is -0.325. The predicted octanol–water partition coefficient (Wildman–Crippen LogP) is 2.66. The highest BCUT2D eigenvalue weighted by molar-refractivity contribution is 5.13. The average molecular weight is 208 g/mol. The molecule has 1 heterocycles. The summed E-state index contributed by atoms with van der Waals surface area (Å²) in [6, 6.07) is 0. The van der Waals surface area contributed by atoms with Crippen molar-refractivity contribution in [2.75, 3.05) is 0 Å². The second-order valence-corrected chi connectivity index (χ2v) is 3.28. The predicted molar refractivity (Wildman–Crippen MR) is 30.0 cm³/mol. The van der Waals surface area contributed by atoms with Crippen molar-refractivity contribution in [1.82, 2.24) is 0 Å². The highest BCUT2D eigenvalue weighted by Gasteiger charge is 2.87. The Morgan fingerprint density at radius 2 is 1.31 bits per heavy atom. The number of hydrogen-bond donors (Lipinski definition) is 0. The third kappa shape index (κ3) is 1.13. The van der Waals surface area contributed by atoms with Crippen molar-refractivity contribution in [1.29, 1.82) is 0 Å². The van der Waals surface area contributed by atoms with Gasteiger partial charge in [-0.1, -0.05) is 0 Å². The Kier molecular flexibility index (Phi) is 1.74. The summed E-state index contributed by atoms with van der Waals surface area (Å²) in [7, 11) is 0. The lowest BCUT2D eigenvalue weighted by Gasteiger charge is -2.21. The van der Waals surface area contributed by atoms with Crippen LogP contribution in [0.3, 0.4) is 0 Å². The van der Waals surface area contributed by atoms with E-state index in [1.807, 2.05) is 0 Å². The number of hydrogen-bond acceptors (Lipinski definition) is 1. The molecule has 0 saturated carbocycles. The lowest BCUT2D eigenvalue weighted by Crippen LogP contribution is -2.50. The van der Waals surface area contributed by atoms with Gasteiger partial charge in [-0.25, -0.2) is 4.39 Å². The highest BCUT2D eigenvalue weighted by Crippen LogP contribution is 2.62. The van der Waals surface area contributed by atoms with Gasteiger partial charge in [-0.05, 0) is 13.8 Å².